The van der Waals surface area contributed by atoms with Crippen LogP contribution in [0.5, 0.6) is 0 Å². The van der Waals surface area contributed by atoms with E-state index in [-0.39, 0.29) is 17.9 Å². The summed E-state index contributed by atoms with van der Waals surface area (Å²) in [6, 6.07) is 5.96. The summed E-state index contributed by atoms with van der Waals surface area (Å²) in [5, 5.41) is 11.6. The largest absolute Gasteiger partial charge is 0.416 e. The molecular weight excluding hydrogens is 443 g/mol. The minimum atomic E-state index is -4.54. The monoisotopic (exact) mass is 457 g/mol. The maximum absolute atomic E-state index is 12.8. The Kier molecular flexibility index (Phi) is 6.64. The Bertz CT molecular complexity index is 1010. The third kappa shape index (κ3) is 4.61. The molecule has 0 spiro atoms. The number of benzene rings is 1. The molecule has 28 heavy (non-hydrogen) atoms. The highest BCUT2D eigenvalue weighted by Crippen LogP contribution is 2.30. The molecule has 0 saturated heterocycles. The number of rotatable bonds is 5. The zero-order valence-electron chi connectivity index (χ0n) is 14.9. The molecule has 1 heterocycles. The van der Waals surface area contributed by atoms with Crippen molar-refractivity contribution in [3.8, 4) is 6.07 Å². The number of carbonyl (C=O) groups excluding carboxylic acids is 1. The maximum Gasteiger partial charge on any atom is 0.416 e. The van der Waals surface area contributed by atoms with Crippen LogP contribution < -0.4 is 10.9 Å². The highest BCUT2D eigenvalue weighted by atomic mass is 79.9. The molecular formula is C18H15BrF3N3O3. The second kappa shape index (κ2) is 8.58. The van der Waals surface area contributed by atoms with Gasteiger partial charge < -0.3 is 14.6 Å². The van der Waals surface area contributed by atoms with Crippen LogP contribution in [0.3, 0.4) is 0 Å². The number of ether oxygens (including phenoxy) is 1. The fraction of sp³-hybridized carbons (Fsp3) is 0.278. The Hall–Kier alpha value is -2.64. The molecule has 1 aromatic carbocycles. The van der Waals surface area contributed by atoms with Gasteiger partial charge in [-0.25, -0.2) is 0 Å². The number of halogens is 4. The summed E-state index contributed by atoms with van der Waals surface area (Å²) >= 11 is 3.30. The lowest BCUT2D eigenvalue weighted by Crippen LogP contribution is -2.32. The van der Waals surface area contributed by atoms with Crippen LogP contribution >= 0.6 is 15.9 Å². The van der Waals surface area contributed by atoms with Crippen molar-refractivity contribution in [2.45, 2.75) is 26.3 Å². The number of hydrogen-bond donors (Lipinski definition) is 1. The molecule has 0 aliphatic carbocycles. The molecule has 0 aliphatic heterocycles. The number of carbonyl (C=O) groups is 1. The molecule has 6 nitrogen and oxygen atoms in total. The molecule has 10 heteroatoms. The molecule has 0 fully saturated rings. The molecule has 0 bridgehead atoms. The van der Waals surface area contributed by atoms with E-state index < -0.39 is 29.8 Å². The van der Waals surface area contributed by atoms with Crippen LogP contribution in [0.4, 0.5) is 18.9 Å². The highest BCUT2D eigenvalue weighted by Gasteiger charge is 2.30. The van der Waals surface area contributed by atoms with Crippen molar-refractivity contribution in [1.29, 1.82) is 5.26 Å². The van der Waals surface area contributed by atoms with Crippen LogP contribution in [0.2, 0.25) is 0 Å². The summed E-state index contributed by atoms with van der Waals surface area (Å²) in [6.07, 6.45) is -4.54. The molecule has 0 atom stereocenters. The van der Waals surface area contributed by atoms with Crippen LogP contribution in [-0.2, 0) is 28.9 Å². The second-order valence-electron chi connectivity index (χ2n) is 5.82. The number of aromatic nitrogens is 1. The standard InChI is InChI=1S/C18H15BrF3N3O3/c1-10-16(19)14(9-28-2)13(7-23)17(27)25(10)8-15(26)24-12-5-3-4-11(6-12)18(20,21)22/h3-6H,8-9H2,1-2H3,(H,24,26). The van der Waals surface area contributed by atoms with Gasteiger partial charge in [0.15, 0.2) is 0 Å². The normalized spacial score (nSPS) is 11.2. The van der Waals surface area contributed by atoms with E-state index in [4.69, 9.17) is 4.74 Å². The smallest absolute Gasteiger partial charge is 0.380 e. The summed E-state index contributed by atoms with van der Waals surface area (Å²) in [6.45, 7) is 1.13. The van der Waals surface area contributed by atoms with Crippen molar-refractivity contribution in [1.82, 2.24) is 4.57 Å². The average molecular weight is 458 g/mol. The number of methoxy groups -OCH3 is 1. The van der Waals surface area contributed by atoms with E-state index in [0.717, 1.165) is 16.7 Å². The third-order valence-electron chi connectivity index (χ3n) is 3.92. The van der Waals surface area contributed by atoms with Gasteiger partial charge in [0.25, 0.3) is 5.56 Å². The van der Waals surface area contributed by atoms with Crippen molar-refractivity contribution in [3.05, 3.63) is 61.5 Å². The third-order valence-corrected chi connectivity index (χ3v) is 4.98. The van der Waals surface area contributed by atoms with Gasteiger partial charge in [0, 0.05) is 28.5 Å². The van der Waals surface area contributed by atoms with Gasteiger partial charge in [-0.3, -0.25) is 9.59 Å². The molecule has 1 N–H and O–H groups in total. The van der Waals surface area contributed by atoms with Crippen LogP contribution in [0.15, 0.2) is 33.5 Å². The van der Waals surface area contributed by atoms with Gasteiger partial charge in [-0.1, -0.05) is 6.07 Å². The number of hydrogen-bond acceptors (Lipinski definition) is 4. The van der Waals surface area contributed by atoms with Gasteiger partial charge in [0.05, 0.1) is 12.2 Å². The zero-order chi connectivity index (χ0) is 21.1. The van der Waals surface area contributed by atoms with Crippen LogP contribution in [0.1, 0.15) is 22.4 Å². The molecule has 1 aromatic heterocycles. The average Bonchev–Trinajstić information content (AvgIpc) is 2.63. The van der Waals surface area contributed by atoms with Crippen LogP contribution in [-0.4, -0.2) is 17.6 Å². The summed E-state index contributed by atoms with van der Waals surface area (Å²) < 4.78 is 44.9. The second-order valence-corrected chi connectivity index (χ2v) is 6.61. The Morgan fingerprint density at radius 2 is 2.07 bits per heavy atom. The lowest BCUT2D eigenvalue weighted by molar-refractivity contribution is -0.137. The first-order valence-corrected chi connectivity index (χ1v) is 8.67. The van der Waals surface area contributed by atoms with Gasteiger partial charge >= 0.3 is 6.18 Å². The van der Waals surface area contributed by atoms with Gasteiger partial charge in [0.2, 0.25) is 5.91 Å². The van der Waals surface area contributed by atoms with Crippen molar-refractivity contribution >= 4 is 27.5 Å². The molecule has 148 valence electrons. The highest BCUT2D eigenvalue weighted by molar-refractivity contribution is 9.10. The quantitative estimate of drug-likeness (QED) is 0.743. The van der Waals surface area contributed by atoms with Gasteiger partial charge in [0.1, 0.15) is 18.2 Å². The number of alkyl halides is 3. The number of amides is 1. The first kappa shape index (κ1) is 21.7. The van der Waals surface area contributed by atoms with E-state index in [1.54, 1.807) is 13.0 Å². The summed E-state index contributed by atoms with van der Waals surface area (Å²) in [5.74, 6) is -0.709. The molecule has 2 rings (SSSR count). The fourth-order valence-corrected chi connectivity index (χ4v) is 3.09. The molecule has 1 amide bonds. The van der Waals surface area contributed by atoms with E-state index in [0.29, 0.717) is 15.7 Å². The van der Waals surface area contributed by atoms with Crippen molar-refractivity contribution in [2.75, 3.05) is 12.4 Å². The van der Waals surface area contributed by atoms with E-state index in [1.807, 2.05) is 0 Å². The number of nitrogens with zero attached hydrogens (tertiary/aromatic N) is 2. The SMILES string of the molecule is COCc1c(Br)c(C)n(CC(=O)Nc2cccc(C(F)(F)F)c2)c(=O)c1C#N. The first-order chi connectivity index (χ1) is 13.1. The number of nitrogens with one attached hydrogen (secondary N) is 1. The molecule has 0 radical (unpaired) electrons. The maximum atomic E-state index is 12.8. The summed E-state index contributed by atoms with van der Waals surface area (Å²) in [4.78, 5) is 24.9. The number of nitriles is 1. The predicted octanol–water partition coefficient (Wildman–Crippen LogP) is 3.59. The Morgan fingerprint density at radius 3 is 2.64 bits per heavy atom. The van der Waals surface area contributed by atoms with Gasteiger partial charge in [-0.15, -0.1) is 0 Å². The van der Waals surface area contributed by atoms with Crippen LogP contribution in [0.25, 0.3) is 0 Å². The van der Waals surface area contributed by atoms with Gasteiger partial charge in [-0.2, -0.15) is 18.4 Å². The van der Waals surface area contributed by atoms with E-state index >= 15 is 0 Å². The van der Waals surface area contributed by atoms with E-state index in [2.05, 4.69) is 21.2 Å². The Labute approximate surface area is 166 Å². The van der Waals surface area contributed by atoms with Crippen molar-refractivity contribution in [3.63, 3.8) is 0 Å². The minimum absolute atomic E-state index is 0.0246. The van der Waals surface area contributed by atoms with Crippen LogP contribution in [0, 0.1) is 18.3 Å². The van der Waals surface area contributed by atoms with E-state index in [9.17, 15) is 28.0 Å². The van der Waals surface area contributed by atoms with Gasteiger partial charge in [-0.05, 0) is 41.1 Å². The first-order valence-electron chi connectivity index (χ1n) is 7.88. The molecule has 0 saturated carbocycles. The number of pyridine rings is 1. The Morgan fingerprint density at radius 1 is 1.39 bits per heavy atom. The topological polar surface area (TPSA) is 84.1 Å². The minimum Gasteiger partial charge on any atom is -0.380 e. The molecule has 2 aromatic rings. The Balaban J connectivity index is 2.34. The predicted molar refractivity (Wildman–Crippen MR) is 98.6 cm³/mol. The summed E-state index contributed by atoms with van der Waals surface area (Å²) in [5.41, 5.74) is -1.07. The zero-order valence-corrected chi connectivity index (χ0v) is 16.4. The number of anilines is 1. The van der Waals surface area contributed by atoms with Crippen molar-refractivity contribution in [2.24, 2.45) is 0 Å². The fourth-order valence-electron chi connectivity index (χ4n) is 2.57. The lowest BCUT2D eigenvalue weighted by atomic mass is 10.1. The molecule has 0 unspecified atom stereocenters. The molecule has 0 aliphatic rings. The summed E-state index contributed by atoms with van der Waals surface area (Å²) in [7, 11) is 1.41. The van der Waals surface area contributed by atoms with Crippen molar-refractivity contribution < 1.29 is 22.7 Å². The lowest BCUT2D eigenvalue weighted by Gasteiger charge is -2.16. The van der Waals surface area contributed by atoms with E-state index in [1.165, 1.54) is 19.2 Å².